The van der Waals surface area contributed by atoms with Crippen molar-refractivity contribution in [3.63, 3.8) is 0 Å². The zero-order valence-corrected chi connectivity index (χ0v) is 18.8. The van der Waals surface area contributed by atoms with Crippen LogP contribution in [0.25, 0.3) is 43.8 Å². The van der Waals surface area contributed by atoms with Crippen molar-refractivity contribution in [1.29, 1.82) is 0 Å². The molecule has 0 amide bonds. The summed E-state index contributed by atoms with van der Waals surface area (Å²) in [6, 6.07) is 27.5. The minimum Gasteiger partial charge on any atom is -0.455 e. The molecule has 6 rings (SSSR count). The summed E-state index contributed by atoms with van der Waals surface area (Å²) in [5.41, 5.74) is 4.47. The van der Waals surface area contributed by atoms with Crippen molar-refractivity contribution in [2.24, 2.45) is 0 Å². The molecule has 5 aromatic rings. The first kappa shape index (κ1) is 19.6. The predicted octanol–water partition coefficient (Wildman–Crippen LogP) is 6.71. The molecule has 0 radical (unpaired) electrons. The third-order valence-electron chi connectivity index (χ3n) is 7.12. The fraction of sp³-hybridized carbons (Fsp3) is 0.214. The number of para-hydroxylation sites is 1. The van der Waals surface area contributed by atoms with E-state index >= 15 is 0 Å². The molecule has 1 fully saturated rings. The average Bonchev–Trinajstić information content (AvgIpc) is 3.27. The second-order valence-electron chi connectivity index (χ2n) is 9.65. The maximum Gasteiger partial charge on any atom is 0.494 e. The first-order chi connectivity index (χ1) is 15.3. The van der Waals surface area contributed by atoms with E-state index in [4.69, 9.17) is 13.7 Å². The van der Waals surface area contributed by atoms with Crippen LogP contribution in [-0.4, -0.2) is 18.3 Å². The Morgan fingerprint density at radius 3 is 2.09 bits per heavy atom. The highest BCUT2D eigenvalue weighted by atomic mass is 16.7. The lowest BCUT2D eigenvalue weighted by Gasteiger charge is -2.32. The topological polar surface area (TPSA) is 31.6 Å². The molecule has 1 aromatic heterocycles. The third-order valence-corrected chi connectivity index (χ3v) is 7.12. The first-order valence-corrected chi connectivity index (χ1v) is 11.1. The van der Waals surface area contributed by atoms with Gasteiger partial charge in [0.05, 0.1) is 11.2 Å². The summed E-state index contributed by atoms with van der Waals surface area (Å²) < 4.78 is 18.8. The van der Waals surface area contributed by atoms with Crippen LogP contribution in [0.2, 0.25) is 0 Å². The molecule has 4 heteroatoms. The van der Waals surface area contributed by atoms with Crippen molar-refractivity contribution in [1.82, 2.24) is 0 Å². The van der Waals surface area contributed by atoms with E-state index in [1.54, 1.807) is 0 Å². The SMILES string of the molecule is CC1(C)OB(c2cccc(-c3cccc4c3ccc3c5ccccc5oc43)c2)OC1(C)C. The van der Waals surface area contributed by atoms with Crippen LogP contribution >= 0.6 is 0 Å². The molecule has 1 saturated heterocycles. The minimum atomic E-state index is -0.378. The molecule has 1 aliphatic heterocycles. The lowest BCUT2D eigenvalue weighted by molar-refractivity contribution is 0.00578. The zero-order chi connectivity index (χ0) is 22.1. The average molecular weight is 420 g/mol. The third kappa shape index (κ3) is 2.83. The Kier molecular flexibility index (Phi) is 4.11. The largest absolute Gasteiger partial charge is 0.494 e. The van der Waals surface area contributed by atoms with Gasteiger partial charge in [0.1, 0.15) is 11.2 Å². The lowest BCUT2D eigenvalue weighted by atomic mass is 9.77. The molecule has 0 bridgehead atoms. The van der Waals surface area contributed by atoms with Crippen LogP contribution in [0.5, 0.6) is 0 Å². The van der Waals surface area contributed by atoms with Gasteiger partial charge >= 0.3 is 7.12 Å². The van der Waals surface area contributed by atoms with Crippen molar-refractivity contribution < 1.29 is 13.7 Å². The Balaban J connectivity index is 1.49. The number of rotatable bonds is 2. The second-order valence-corrected chi connectivity index (χ2v) is 9.65. The molecular weight excluding hydrogens is 395 g/mol. The summed E-state index contributed by atoms with van der Waals surface area (Å²) in [6.45, 7) is 8.33. The van der Waals surface area contributed by atoms with Gasteiger partial charge in [-0.25, -0.2) is 0 Å². The van der Waals surface area contributed by atoms with E-state index in [1.165, 1.54) is 10.9 Å². The Bertz CT molecular complexity index is 1480. The number of furan rings is 1. The van der Waals surface area contributed by atoms with Crippen LogP contribution in [0.15, 0.2) is 83.3 Å². The van der Waals surface area contributed by atoms with E-state index in [0.717, 1.165) is 38.4 Å². The van der Waals surface area contributed by atoms with Crippen molar-refractivity contribution >= 4 is 45.3 Å². The highest BCUT2D eigenvalue weighted by Crippen LogP contribution is 2.39. The molecule has 3 nitrogen and oxygen atoms in total. The summed E-state index contributed by atoms with van der Waals surface area (Å²) in [5.74, 6) is 0. The summed E-state index contributed by atoms with van der Waals surface area (Å²) in [4.78, 5) is 0. The number of hydrogen-bond acceptors (Lipinski definition) is 3. The van der Waals surface area contributed by atoms with Crippen LogP contribution in [0.3, 0.4) is 0 Å². The fourth-order valence-electron chi connectivity index (χ4n) is 4.62. The van der Waals surface area contributed by atoms with E-state index in [0.29, 0.717) is 0 Å². The Hall–Kier alpha value is -3.08. The lowest BCUT2D eigenvalue weighted by Crippen LogP contribution is -2.41. The van der Waals surface area contributed by atoms with E-state index in [2.05, 4.69) is 94.4 Å². The molecule has 32 heavy (non-hydrogen) atoms. The molecule has 0 saturated carbocycles. The van der Waals surface area contributed by atoms with Crippen molar-refractivity contribution in [3.05, 3.63) is 78.9 Å². The molecule has 0 spiro atoms. The van der Waals surface area contributed by atoms with Crippen molar-refractivity contribution in [2.45, 2.75) is 38.9 Å². The van der Waals surface area contributed by atoms with Crippen molar-refractivity contribution in [2.75, 3.05) is 0 Å². The minimum absolute atomic E-state index is 0.361. The Morgan fingerprint density at radius 2 is 1.28 bits per heavy atom. The van der Waals surface area contributed by atoms with Gasteiger partial charge in [-0.1, -0.05) is 66.7 Å². The monoisotopic (exact) mass is 420 g/mol. The summed E-state index contributed by atoms with van der Waals surface area (Å²) in [5, 5.41) is 4.59. The summed E-state index contributed by atoms with van der Waals surface area (Å²) in [6.07, 6.45) is 0. The van der Waals surface area contributed by atoms with Crippen LogP contribution in [0.1, 0.15) is 27.7 Å². The van der Waals surface area contributed by atoms with Crippen molar-refractivity contribution in [3.8, 4) is 11.1 Å². The van der Waals surface area contributed by atoms with Crippen LogP contribution in [-0.2, 0) is 9.31 Å². The maximum absolute atomic E-state index is 6.28. The summed E-state index contributed by atoms with van der Waals surface area (Å²) in [7, 11) is -0.378. The number of benzene rings is 4. The van der Waals surface area contributed by atoms with E-state index in [1.807, 2.05) is 12.1 Å². The van der Waals surface area contributed by atoms with Gasteiger partial charge < -0.3 is 13.7 Å². The number of hydrogen-bond donors (Lipinski definition) is 0. The quantitative estimate of drug-likeness (QED) is 0.298. The second kappa shape index (κ2) is 6.71. The molecule has 4 aromatic carbocycles. The normalized spacial score (nSPS) is 17.6. The van der Waals surface area contributed by atoms with E-state index in [9.17, 15) is 0 Å². The Morgan fingerprint density at radius 1 is 0.625 bits per heavy atom. The van der Waals surface area contributed by atoms with Gasteiger partial charge in [0.15, 0.2) is 0 Å². The predicted molar refractivity (Wildman–Crippen MR) is 132 cm³/mol. The molecule has 0 unspecified atom stereocenters. The van der Waals surface area contributed by atoms with Crippen LogP contribution in [0.4, 0.5) is 0 Å². The highest BCUT2D eigenvalue weighted by molar-refractivity contribution is 6.62. The molecule has 158 valence electrons. The van der Waals surface area contributed by atoms with Gasteiger partial charge in [-0.15, -0.1) is 0 Å². The molecule has 0 N–H and O–H groups in total. The van der Waals surface area contributed by atoms with E-state index in [-0.39, 0.29) is 18.3 Å². The molecular formula is C28H25BO3. The van der Waals surface area contributed by atoms with Gasteiger partial charge in [-0.05, 0) is 61.8 Å². The van der Waals surface area contributed by atoms with Gasteiger partial charge in [0.2, 0.25) is 0 Å². The maximum atomic E-state index is 6.28. The Labute approximate surface area is 188 Å². The van der Waals surface area contributed by atoms with Gasteiger partial charge in [-0.3, -0.25) is 0 Å². The fourth-order valence-corrected chi connectivity index (χ4v) is 4.62. The van der Waals surface area contributed by atoms with Crippen LogP contribution < -0.4 is 5.46 Å². The highest BCUT2D eigenvalue weighted by Gasteiger charge is 2.51. The summed E-state index contributed by atoms with van der Waals surface area (Å²) >= 11 is 0. The van der Waals surface area contributed by atoms with Crippen LogP contribution in [0, 0.1) is 0 Å². The molecule has 1 aliphatic rings. The van der Waals surface area contributed by atoms with Gasteiger partial charge in [0, 0.05) is 16.2 Å². The molecule has 0 atom stereocenters. The first-order valence-electron chi connectivity index (χ1n) is 11.1. The van der Waals surface area contributed by atoms with Gasteiger partial charge in [-0.2, -0.15) is 0 Å². The molecule has 0 aliphatic carbocycles. The molecule has 2 heterocycles. The number of fused-ring (bicyclic) bond motifs is 5. The smallest absolute Gasteiger partial charge is 0.455 e. The van der Waals surface area contributed by atoms with E-state index < -0.39 is 0 Å². The van der Waals surface area contributed by atoms with Gasteiger partial charge in [0.25, 0.3) is 0 Å². The zero-order valence-electron chi connectivity index (χ0n) is 18.8. The standard InChI is InChI=1S/C28H25BO3/c1-27(2)28(3,4)32-29(31-27)19-10-7-9-18(17-19)20-12-8-13-23-21(20)15-16-24-22-11-5-6-14-25(22)30-26(23)24/h5-17H,1-4H3.